The second-order valence-corrected chi connectivity index (χ2v) is 8.47. The monoisotopic (exact) mass is 403 g/mol. The number of fused-ring (bicyclic) bond motifs is 2. The molecule has 0 radical (unpaired) electrons. The van der Waals surface area contributed by atoms with Crippen LogP contribution in [0.15, 0.2) is 4.99 Å². The molecule has 3 aliphatic heterocycles. The van der Waals surface area contributed by atoms with Gasteiger partial charge in [-0.2, -0.15) is 4.98 Å². The molecule has 2 unspecified atom stereocenters. The van der Waals surface area contributed by atoms with Gasteiger partial charge in [0.25, 0.3) is 0 Å². The van der Waals surface area contributed by atoms with Crippen LogP contribution in [0, 0.1) is 5.92 Å². The van der Waals surface area contributed by atoms with Crippen LogP contribution in [0.3, 0.4) is 0 Å². The van der Waals surface area contributed by atoms with Crippen molar-refractivity contribution < 1.29 is 9.47 Å². The number of nitrogens with one attached hydrogen (secondary N) is 1. The van der Waals surface area contributed by atoms with Crippen molar-refractivity contribution in [1.29, 1.82) is 0 Å². The Kier molecular flexibility index (Phi) is 6.08. The fraction of sp³-hybridized carbons (Fsp3) is 0.850. The second kappa shape index (κ2) is 9.07. The summed E-state index contributed by atoms with van der Waals surface area (Å²) in [6.45, 7) is 10.2. The molecule has 1 saturated carbocycles. The van der Waals surface area contributed by atoms with E-state index in [0.717, 1.165) is 84.1 Å². The molecule has 2 atom stereocenters. The fourth-order valence-electron chi connectivity index (χ4n) is 4.86. The summed E-state index contributed by atoms with van der Waals surface area (Å²) in [6, 6.07) is 0.385. The minimum absolute atomic E-state index is 0.385. The molecular formula is C20H33N7O2. The third-order valence-electron chi connectivity index (χ3n) is 6.52. The number of aliphatic imine (C=N–C) groups is 1. The average Bonchev–Trinajstić information content (AvgIpc) is 3.20. The van der Waals surface area contributed by atoms with Gasteiger partial charge < -0.3 is 19.7 Å². The number of morpholine rings is 2. The predicted octanol–water partition coefficient (Wildman–Crippen LogP) is 0.681. The van der Waals surface area contributed by atoms with E-state index in [4.69, 9.17) is 24.5 Å². The summed E-state index contributed by atoms with van der Waals surface area (Å²) in [5.41, 5.74) is 1.30. The number of aromatic nitrogens is 3. The first kappa shape index (κ1) is 19.4. The summed E-state index contributed by atoms with van der Waals surface area (Å²) in [5.74, 6) is 2.08. The lowest BCUT2D eigenvalue weighted by molar-refractivity contribution is 0.0374. The zero-order valence-electron chi connectivity index (χ0n) is 17.3. The Hall–Kier alpha value is -1.55. The first-order chi connectivity index (χ1) is 14.4. The maximum absolute atomic E-state index is 5.45. The zero-order valence-corrected chi connectivity index (χ0v) is 17.3. The first-order valence-electron chi connectivity index (χ1n) is 11.3. The van der Waals surface area contributed by atoms with Gasteiger partial charge in [-0.25, -0.2) is 9.67 Å². The molecule has 9 heteroatoms. The van der Waals surface area contributed by atoms with Crippen molar-refractivity contribution in [3.63, 3.8) is 0 Å². The molecular weight excluding hydrogens is 370 g/mol. The molecule has 0 bridgehead atoms. The van der Waals surface area contributed by atoms with Crippen LogP contribution in [-0.2, 0) is 16.0 Å². The molecule has 3 fully saturated rings. The van der Waals surface area contributed by atoms with Crippen molar-refractivity contribution in [3.05, 3.63) is 0 Å². The van der Waals surface area contributed by atoms with E-state index in [1.54, 1.807) is 0 Å². The lowest BCUT2D eigenvalue weighted by Gasteiger charge is -2.34. The number of nitrogens with zero attached hydrogens (tertiary/aromatic N) is 6. The van der Waals surface area contributed by atoms with E-state index < -0.39 is 0 Å². The molecule has 5 rings (SSSR count). The van der Waals surface area contributed by atoms with E-state index in [0.29, 0.717) is 12.0 Å². The summed E-state index contributed by atoms with van der Waals surface area (Å²) in [6.07, 6.45) is 4.81. The highest BCUT2D eigenvalue weighted by molar-refractivity contribution is 5.94. The van der Waals surface area contributed by atoms with Crippen molar-refractivity contribution >= 4 is 17.6 Å². The lowest BCUT2D eigenvalue weighted by Crippen LogP contribution is -2.46. The Balaban J connectivity index is 1.20. The van der Waals surface area contributed by atoms with E-state index in [9.17, 15) is 0 Å². The Morgan fingerprint density at radius 2 is 1.79 bits per heavy atom. The van der Waals surface area contributed by atoms with Crippen LogP contribution in [0.4, 0.5) is 11.9 Å². The summed E-state index contributed by atoms with van der Waals surface area (Å²) in [7, 11) is 0. The summed E-state index contributed by atoms with van der Waals surface area (Å²) < 4.78 is 12.9. The van der Waals surface area contributed by atoms with Gasteiger partial charge in [0.2, 0.25) is 11.9 Å². The van der Waals surface area contributed by atoms with Crippen molar-refractivity contribution in [2.24, 2.45) is 10.9 Å². The SMILES string of the molecule is C1CC2Cn3nc(N4CCOCC4)nc3N=C2C(NCCCN2CCOCC2)C1. The Morgan fingerprint density at radius 1 is 1.00 bits per heavy atom. The number of rotatable bonds is 6. The van der Waals surface area contributed by atoms with E-state index in [-0.39, 0.29) is 0 Å². The van der Waals surface area contributed by atoms with Crippen LogP contribution in [0.25, 0.3) is 0 Å². The molecule has 4 aliphatic rings. The predicted molar refractivity (Wildman–Crippen MR) is 111 cm³/mol. The van der Waals surface area contributed by atoms with Crippen molar-refractivity contribution in [3.8, 4) is 0 Å². The normalized spacial score (nSPS) is 28.0. The number of hydrogen-bond acceptors (Lipinski definition) is 8. The van der Waals surface area contributed by atoms with Gasteiger partial charge in [-0.1, -0.05) is 6.42 Å². The third kappa shape index (κ3) is 4.47. The smallest absolute Gasteiger partial charge is 0.249 e. The quantitative estimate of drug-likeness (QED) is 0.700. The standard InChI is InChI=1S/C20H33N7O2/c1-3-16-15-27-19(23-20(24-27)26-9-13-29-14-10-26)22-18(16)17(4-1)21-5-2-6-25-7-11-28-12-8-25/h16-17,21H,1-15H2. The van der Waals surface area contributed by atoms with Gasteiger partial charge in [-0.15, -0.1) is 5.10 Å². The molecule has 0 spiro atoms. The first-order valence-corrected chi connectivity index (χ1v) is 11.3. The largest absolute Gasteiger partial charge is 0.379 e. The van der Waals surface area contributed by atoms with Crippen molar-refractivity contribution in [2.45, 2.75) is 38.3 Å². The van der Waals surface area contributed by atoms with E-state index in [1.807, 2.05) is 4.68 Å². The second-order valence-electron chi connectivity index (χ2n) is 8.47. The molecule has 1 aliphatic carbocycles. The van der Waals surface area contributed by atoms with Gasteiger partial charge in [-0.3, -0.25) is 4.90 Å². The van der Waals surface area contributed by atoms with Crippen LogP contribution < -0.4 is 10.2 Å². The van der Waals surface area contributed by atoms with E-state index in [1.165, 1.54) is 31.4 Å². The Labute approximate surface area is 172 Å². The zero-order chi connectivity index (χ0) is 19.5. The van der Waals surface area contributed by atoms with Crippen molar-refractivity contribution in [1.82, 2.24) is 25.0 Å². The summed E-state index contributed by atoms with van der Waals surface area (Å²) in [4.78, 5) is 14.4. The number of hydrogen-bond donors (Lipinski definition) is 1. The number of ether oxygens (including phenoxy) is 2. The maximum Gasteiger partial charge on any atom is 0.249 e. The Bertz CT molecular complexity index is 710. The average molecular weight is 404 g/mol. The minimum Gasteiger partial charge on any atom is -0.379 e. The van der Waals surface area contributed by atoms with Crippen LogP contribution in [-0.4, -0.2) is 97.1 Å². The molecule has 1 aromatic rings. The van der Waals surface area contributed by atoms with Crippen LogP contribution in [0.1, 0.15) is 25.7 Å². The molecule has 4 heterocycles. The number of anilines is 1. The minimum atomic E-state index is 0.385. The van der Waals surface area contributed by atoms with Crippen LogP contribution in [0.5, 0.6) is 0 Å². The summed E-state index contributed by atoms with van der Waals surface area (Å²) >= 11 is 0. The highest BCUT2D eigenvalue weighted by Gasteiger charge is 2.34. The topological polar surface area (TPSA) is 80.0 Å². The van der Waals surface area contributed by atoms with E-state index >= 15 is 0 Å². The molecule has 160 valence electrons. The molecule has 1 N–H and O–H groups in total. The molecule has 29 heavy (non-hydrogen) atoms. The van der Waals surface area contributed by atoms with Gasteiger partial charge in [0.15, 0.2) is 0 Å². The highest BCUT2D eigenvalue weighted by Crippen LogP contribution is 2.31. The lowest BCUT2D eigenvalue weighted by atomic mass is 9.83. The van der Waals surface area contributed by atoms with Gasteiger partial charge in [0.05, 0.1) is 33.0 Å². The molecule has 0 amide bonds. The van der Waals surface area contributed by atoms with Gasteiger partial charge >= 0.3 is 0 Å². The van der Waals surface area contributed by atoms with Crippen LogP contribution in [0.2, 0.25) is 0 Å². The maximum atomic E-state index is 5.45. The third-order valence-corrected chi connectivity index (χ3v) is 6.52. The molecule has 2 saturated heterocycles. The van der Waals surface area contributed by atoms with E-state index in [2.05, 4.69) is 15.1 Å². The van der Waals surface area contributed by atoms with Gasteiger partial charge in [0, 0.05) is 43.9 Å². The fourth-order valence-corrected chi connectivity index (χ4v) is 4.86. The highest BCUT2D eigenvalue weighted by atomic mass is 16.5. The van der Waals surface area contributed by atoms with Crippen LogP contribution >= 0.6 is 0 Å². The van der Waals surface area contributed by atoms with Crippen molar-refractivity contribution in [2.75, 3.05) is 70.6 Å². The molecule has 0 aromatic carbocycles. The van der Waals surface area contributed by atoms with Gasteiger partial charge in [-0.05, 0) is 32.4 Å². The summed E-state index contributed by atoms with van der Waals surface area (Å²) in [5, 5.41) is 8.54. The van der Waals surface area contributed by atoms with Gasteiger partial charge in [0.1, 0.15) is 0 Å². The Morgan fingerprint density at radius 3 is 2.62 bits per heavy atom. The molecule has 1 aromatic heterocycles. The molecule has 9 nitrogen and oxygen atoms in total.